The lowest BCUT2D eigenvalue weighted by Gasteiger charge is -2.32. The number of carbonyl (C=O) groups excluding carboxylic acids is 1. The SMILES string of the molecule is CC(C)(N)Cc1ccc2c(c1)NC(=O)C(C)(C)O2. The van der Waals surface area contributed by atoms with E-state index in [2.05, 4.69) is 5.32 Å². The summed E-state index contributed by atoms with van der Waals surface area (Å²) in [5.41, 5.74) is 6.72. The first-order valence-corrected chi connectivity index (χ1v) is 6.10. The van der Waals surface area contributed by atoms with E-state index < -0.39 is 5.60 Å². The van der Waals surface area contributed by atoms with Crippen molar-refractivity contribution in [2.45, 2.75) is 45.3 Å². The van der Waals surface area contributed by atoms with Gasteiger partial charge in [-0.25, -0.2) is 0 Å². The smallest absolute Gasteiger partial charge is 0.268 e. The van der Waals surface area contributed by atoms with Crippen molar-refractivity contribution in [3.63, 3.8) is 0 Å². The molecule has 0 atom stereocenters. The van der Waals surface area contributed by atoms with Gasteiger partial charge in [-0.3, -0.25) is 4.79 Å². The van der Waals surface area contributed by atoms with Crippen LogP contribution < -0.4 is 15.8 Å². The van der Waals surface area contributed by atoms with E-state index in [1.54, 1.807) is 13.8 Å². The highest BCUT2D eigenvalue weighted by molar-refractivity contribution is 6.00. The lowest BCUT2D eigenvalue weighted by Crippen LogP contribution is -2.45. The molecule has 1 amide bonds. The van der Waals surface area contributed by atoms with Gasteiger partial charge < -0.3 is 15.8 Å². The number of anilines is 1. The Hall–Kier alpha value is -1.55. The molecule has 3 N–H and O–H groups in total. The first kappa shape index (κ1) is 12.9. The van der Waals surface area contributed by atoms with Crippen LogP contribution in [0.2, 0.25) is 0 Å². The number of nitrogens with two attached hydrogens (primary N) is 1. The van der Waals surface area contributed by atoms with Crippen LogP contribution >= 0.6 is 0 Å². The number of ether oxygens (including phenoxy) is 1. The number of rotatable bonds is 2. The maximum atomic E-state index is 11.8. The molecule has 18 heavy (non-hydrogen) atoms. The third kappa shape index (κ3) is 2.64. The van der Waals surface area contributed by atoms with Crippen molar-refractivity contribution in [3.05, 3.63) is 23.8 Å². The molecule has 1 aromatic carbocycles. The van der Waals surface area contributed by atoms with Crippen molar-refractivity contribution in [2.75, 3.05) is 5.32 Å². The van der Waals surface area contributed by atoms with E-state index in [4.69, 9.17) is 10.5 Å². The number of nitrogens with one attached hydrogen (secondary N) is 1. The van der Waals surface area contributed by atoms with Crippen LogP contribution in [0.25, 0.3) is 0 Å². The van der Waals surface area contributed by atoms with Gasteiger partial charge in [0, 0.05) is 5.54 Å². The highest BCUT2D eigenvalue weighted by Gasteiger charge is 2.35. The molecule has 0 spiro atoms. The fraction of sp³-hybridized carbons (Fsp3) is 0.500. The van der Waals surface area contributed by atoms with Crippen LogP contribution in [0.5, 0.6) is 5.75 Å². The highest BCUT2D eigenvalue weighted by atomic mass is 16.5. The summed E-state index contributed by atoms with van der Waals surface area (Å²) in [4.78, 5) is 11.8. The summed E-state index contributed by atoms with van der Waals surface area (Å²) in [5.74, 6) is 0.581. The quantitative estimate of drug-likeness (QED) is 0.842. The Morgan fingerprint density at radius 3 is 2.67 bits per heavy atom. The highest BCUT2D eigenvalue weighted by Crippen LogP contribution is 2.34. The molecule has 0 unspecified atom stereocenters. The number of fused-ring (bicyclic) bond motifs is 1. The molecule has 0 bridgehead atoms. The summed E-state index contributed by atoms with van der Waals surface area (Å²) < 4.78 is 5.67. The summed E-state index contributed by atoms with van der Waals surface area (Å²) in [6.07, 6.45) is 0.750. The van der Waals surface area contributed by atoms with Crippen molar-refractivity contribution in [1.82, 2.24) is 0 Å². The van der Waals surface area contributed by atoms with E-state index >= 15 is 0 Å². The second-order valence-electron chi connectivity index (χ2n) is 6.06. The predicted molar refractivity (Wildman–Crippen MR) is 71.7 cm³/mol. The molecule has 2 rings (SSSR count). The Kier molecular flexibility index (Phi) is 2.86. The minimum absolute atomic E-state index is 0.126. The van der Waals surface area contributed by atoms with Gasteiger partial charge in [-0.2, -0.15) is 0 Å². The van der Waals surface area contributed by atoms with E-state index in [0.29, 0.717) is 5.75 Å². The molecular formula is C14H20N2O2. The molecule has 98 valence electrons. The summed E-state index contributed by atoms with van der Waals surface area (Å²) in [5, 5.41) is 2.87. The minimum atomic E-state index is -0.818. The van der Waals surface area contributed by atoms with Crippen LogP contribution in [0.1, 0.15) is 33.3 Å². The fourth-order valence-electron chi connectivity index (χ4n) is 1.99. The maximum absolute atomic E-state index is 11.8. The summed E-state index contributed by atoms with van der Waals surface area (Å²) in [6.45, 7) is 7.46. The van der Waals surface area contributed by atoms with Crippen LogP contribution in [0.4, 0.5) is 5.69 Å². The van der Waals surface area contributed by atoms with Crippen LogP contribution in [0, 0.1) is 0 Å². The maximum Gasteiger partial charge on any atom is 0.268 e. The summed E-state index contributed by atoms with van der Waals surface area (Å²) >= 11 is 0. The molecule has 4 nitrogen and oxygen atoms in total. The number of hydrogen-bond donors (Lipinski definition) is 2. The van der Waals surface area contributed by atoms with Gasteiger partial charge in [0.1, 0.15) is 5.75 Å². The van der Waals surface area contributed by atoms with Crippen molar-refractivity contribution in [2.24, 2.45) is 5.73 Å². The average Bonchev–Trinajstić information content (AvgIpc) is 2.17. The lowest BCUT2D eigenvalue weighted by molar-refractivity contribution is -0.129. The van der Waals surface area contributed by atoms with Gasteiger partial charge in [0.15, 0.2) is 5.60 Å². The van der Waals surface area contributed by atoms with E-state index in [9.17, 15) is 4.79 Å². The monoisotopic (exact) mass is 248 g/mol. The molecule has 1 heterocycles. The zero-order valence-electron chi connectivity index (χ0n) is 11.3. The number of hydrogen-bond acceptors (Lipinski definition) is 3. The molecule has 0 saturated carbocycles. The molecule has 0 radical (unpaired) electrons. The van der Waals surface area contributed by atoms with Gasteiger partial charge in [0.25, 0.3) is 5.91 Å². The average molecular weight is 248 g/mol. The molecule has 0 aromatic heterocycles. The Bertz CT molecular complexity index is 487. The van der Waals surface area contributed by atoms with Crippen LogP contribution in [-0.4, -0.2) is 17.0 Å². The first-order chi connectivity index (χ1) is 8.17. The largest absolute Gasteiger partial charge is 0.476 e. The van der Waals surface area contributed by atoms with Crippen molar-refractivity contribution in [1.29, 1.82) is 0 Å². The van der Waals surface area contributed by atoms with Gasteiger partial charge in [-0.1, -0.05) is 6.07 Å². The predicted octanol–water partition coefficient (Wildman–Crippen LogP) is 2.08. The molecule has 1 aromatic rings. The molecule has 0 aliphatic carbocycles. The van der Waals surface area contributed by atoms with Gasteiger partial charge in [-0.15, -0.1) is 0 Å². The molecule has 0 fully saturated rings. The second kappa shape index (κ2) is 3.99. The van der Waals surface area contributed by atoms with Crippen LogP contribution in [0.15, 0.2) is 18.2 Å². The molecule has 1 aliphatic rings. The second-order valence-corrected chi connectivity index (χ2v) is 6.06. The van der Waals surface area contributed by atoms with Crippen molar-refractivity contribution < 1.29 is 9.53 Å². The van der Waals surface area contributed by atoms with Gasteiger partial charge in [0.05, 0.1) is 5.69 Å². The Morgan fingerprint density at radius 1 is 1.39 bits per heavy atom. The molecular weight excluding hydrogens is 228 g/mol. The Labute approximate surface area is 108 Å². The van der Waals surface area contributed by atoms with Crippen LogP contribution in [-0.2, 0) is 11.2 Å². The molecule has 0 saturated heterocycles. The van der Waals surface area contributed by atoms with Crippen LogP contribution in [0.3, 0.4) is 0 Å². The molecule has 4 heteroatoms. The number of carbonyl (C=O) groups is 1. The number of amides is 1. The topological polar surface area (TPSA) is 64.3 Å². The van der Waals surface area contributed by atoms with E-state index in [-0.39, 0.29) is 11.4 Å². The Morgan fingerprint density at radius 2 is 2.06 bits per heavy atom. The minimum Gasteiger partial charge on any atom is -0.476 e. The van der Waals surface area contributed by atoms with Gasteiger partial charge in [-0.05, 0) is 51.8 Å². The van der Waals surface area contributed by atoms with Crippen molar-refractivity contribution in [3.8, 4) is 5.75 Å². The third-order valence-corrected chi connectivity index (χ3v) is 2.86. The van der Waals surface area contributed by atoms with E-state index in [1.807, 2.05) is 32.0 Å². The first-order valence-electron chi connectivity index (χ1n) is 6.10. The third-order valence-electron chi connectivity index (χ3n) is 2.86. The fourth-order valence-corrected chi connectivity index (χ4v) is 1.99. The lowest BCUT2D eigenvalue weighted by atomic mass is 9.95. The summed E-state index contributed by atoms with van der Waals surface area (Å²) in [7, 11) is 0. The van der Waals surface area contributed by atoms with Gasteiger partial charge in [0.2, 0.25) is 0 Å². The zero-order chi connectivity index (χ0) is 13.6. The standard InChI is InChI=1S/C14H20N2O2/c1-13(2,15)8-9-5-6-11-10(7-9)16-12(17)14(3,4)18-11/h5-7H,8,15H2,1-4H3,(H,16,17). The Balaban J connectivity index is 2.29. The number of benzene rings is 1. The zero-order valence-corrected chi connectivity index (χ0v) is 11.3. The van der Waals surface area contributed by atoms with Crippen molar-refractivity contribution >= 4 is 11.6 Å². The molecule has 1 aliphatic heterocycles. The van der Waals surface area contributed by atoms with Gasteiger partial charge >= 0.3 is 0 Å². The summed E-state index contributed by atoms with van der Waals surface area (Å²) in [6, 6.07) is 5.80. The normalized spacial score (nSPS) is 17.7. The van der Waals surface area contributed by atoms with E-state index in [1.165, 1.54) is 0 Å². The van der Waals surface area contributed by atoms with E-state index in [0.717, 1.165) is 17.7 Å².